The number of hydrogen-bond donors (Lipinski definition) is 1. The van der Waals surface area contributed by atoms with Crippen LogP contribution in [0.15, 0.2) is 18.2 Å². The van der Waals surface area contributed by atoms with E-state index in [0.717, 1.165) is 5.52 Å². The van der Waals surface area contributed by atoms with E-state index in [1.165, 1.54) is 42.6 Å². The second-order valence-electron chi connectivity index (χ2n) is 5.55. The highest BCUT2D eigenvalue weighted by Crippen LogP contribution is 2.34. The lowest BCUT2D eigenvalue weighted by molar-refractivity contribution is 0.639. The smallest absolute Gasteiger partial charge is 0.112 e. The molecule has 3 rings (SSSR count). The molecule has 1 heterocycles. The van der Waals surface area contributed by atoms with Gasteiger partial charge in [-0.2, -0.15) is 0 Å². The number of rotatable bonds is 2. The lowest BCUT2D eigenvalue weighted by Crippen LogP contribution is -2.04. The molecule has 0 aliphatic heterocycles. The molecular formula is C15H21N3. The maximum Gasteiger partial charge on any atom is 0.112 e. The van der Waals surface area contributed by atoms with Crippen molar-refractivity contribution in [2.24, 2.45) is 12.8 Å². The van der Waals surface area contributed by atoms with Crippen LogP contribution in [0.2, 0.25) is 0 Å². The third kappa shape index (κ3) is 1.83. The third-order valence-electron chi connectivity index (χ3n) is 4.19. The standard InChI is InChI=1S/C15H21N3/c1-10(16)12-7-8-14-13(9-12)17-15(18(14)2)11-5-3-4-6-11/h7-11H,3-6,16H2,1-2H3. The van der Waals surface area contributed by atoms with Crippen molar-refractivity contribution in [3.63, 3.8) is 0 Å². The zero-order valence-corrected chi connectivity index (χ0v) is 11.2. The minimum Gasteiger partial charge on any atom is -0.331 e. The Morgan fingerprint density at radius 1 is 1.33 bits per heavy atom. The average Bonchev–Trinajstić information content (AvgIpc) is 2.97. The first-order valence-corrected chi connectivity index (χ1v) is 6.88. The largest absolute Gasteiger partial charge is 0.331 e. The molecular weight excluding hydrogens is 222 g/mol. The van der Waals surface area contributed by atoms with Crippen molar-refractivity contribution in [3.8, 4) is 0 Å². The molecule has 0 spiro atoms. The third-order valence-corrected chi connectivity index (χ3v) is 4.19. The maximum atomic E-state index is 5.94. The molecule has 1 aromatic heterocycles. The number of aryl methyl sites for hydroxylation is 1. The second kappa shape index (κ2) is 4.39. The van der Waals surface area contributed by atoms with Crippen LogP contribution in [0.4, 0.5) is 0 Å². The summed E-state index contributed by atoms with van der Waals surface area (Å²) in [5.41, 5.74) is 9.42. The molecule has 0 saturated heterocycles. The normalized spacial score (nSPS) is 18.6. The van der Waals surface area contributed by atoms with Gasteiger partial charge in [0.15, 0.2) is 0 Å². The lowest BCUT2D eigenvalue weighted by atomic mass is 10.1. The Morgan fingerprint density at radius 3 is 2.72 bits per heavy atom. The Balaban J connectivity index is 2.09. The van der Waals surface area contributed by atoms with Crippen molar-refractivity contribution in [2.45, 2.75) is 44.6 Å². The number of hydrogen-bond acceptors (Lipinski definition) is 2. The van der Waals surface area contributed by atoms with E-state index in [9.17, 15) is 0 Å². The molecule has 3 nitrogen and oxygen atoms in total. The molecule has 0 bridgehead atoms. The number of imidazole rings is 1. The molecule has 1 unspecified atom stereocenters. The van der Waals surface area contributed by atoms with Crippen LogP contribution in [0.3, 0.4) is 0 Å². The van der Waals surface area contributed by atoms with Crippen LogP contribution in [-0.2, 0) is 7.05 Å². The van der Waals surface area contributed by atoms with Crippen molar-refractivity contribution >= 4 is 11.0 Å². The van der Waals surface area contributed by atoms with Crippen molar-refractivity contribution in [1.29, 1.82) is 0 Å². The fourth-order valence-electron chi connectivity index (χ4n) is 3.07. The highest BCUT2D eigenvalue weighted by molar-refractivity contribution is 5.77. The fourth-order valence-corrected chi connectivity index (χ4v) is 3.07. The molecule has 2 N–H and O–H groups in total. The van der Waals surface area contributed by atoms with Gasteiger partial charge in [0.05, 0.1) is 11.0 Å². The minimum absolute atomic E-state index is 0.0753. The summed E-state index contributed by atoms with van der Waals surface area (Å²) in [6.45, 7) is 2.02. The molecule has 0 radical (unpaired) electrons. The zero-order valence-electron chi connectivity index (χ0n) is 11.2. The summed E-state index contributed by atoms with van der Waals surface area (Å²) in [7, 11) is 2.13. The summed E-state index contributed by atoms with van der Waals surface area (Å²) in [6, 6.07) is 6.48. The minimum atomic E-state index is 0.0753. The van der Waals surface area contributed by atoms with Crippen LogP contribution in [0.1, 0.15) is 56.0 Å². The van der Waals surface area contributed by atoms with Gasteiger partial charge in [-0.1, -0.05) is 18.9 Å². The average molecular weight is 243 g/mol. The molecule has 0 amide bonds. The summed E-state index contributed by atoms with van der Waals surface area (Å²) in [6.07, 6.45) is 5.27. The van der Waals surface area contributed by atoms with E-state index >= 15 is 0 Å². The maximum absolute atomic E-state index is 5.94. The van der Waals surface area contributed by atoms with Gasteiger partial charge in [-0.25, -0.2) is 4.98 Å². The topological polar surface area (TPSA) is 43.8 Å². The highest BCUT2D eigenvalue weighted by atomic mass is 15.1. The lowest BCUT2D eigenvalue weighted by Gasteiger charge is -2.08. The van der Waals surface area contributed by atoms with Gasteiger partial charge in [0.25, 0.3) is 0 Å². The van der Waals surface area contributed by atoms with E-state index in [0.29, 0.717) is 5.92 Å². The van der Waals surface area contributed by atoms with Crippen LogP contribution in [0.5, 0.6) is 0 Å². The molecule has 1 aromatic carbocycles. The molecule has 1 atom stereocenters. The van der Waals surface area contributed by atoms with Gasteiger partial charge in [-0.3, -0.25) is 0 Å². The monoisotopic (exact) mass is 243 g/mol. The molecule has 2 aromatic rings. The van der Waals surface area contributed by atoms with E-state index in [-0.39, 0.29) is 6.04 Å². The van der Waals surface area contributed by atoms with Crippen LogP contribution in [0, 0.1) is 0 Å². The summed E-state index contributed by atoms with van der Waals surface area (Å²) in [5.74, 6) is 1.91. The first-order chi connectivity index (χ1) is 8.66. The summed E-state index contributed by atoms with van der Waals surface area (Å²) in [4.78, 5) is 4.84. The van der Waals surface area contributed by atoms with Crippen LogP contribution in [0.25, 0.3) is 11.0 Å². The van der Waals surface area contributed by atoms with Crippen molar-refractivity contribution in [3.05, 3.63) is 29.6 Å². The zero-order chi connectivity index (χ0) is 12.7. The van der Waals surface area contributed by atoms with Gasteiger partial charge in [0.2, 0.25) is 0 Å². The van der Waals surface area contributed by atoms with E-state index in [4.69, 9.17) is 10.7 Å². The van der Waals surface area contributed by atoms with E-state index in [1.807, 2.05) is 6.92 Å². The molecule has 1 saturated carbocycles. The van der Waals surface area contributed by atoms with Crippen LogP contribution >= 0.6 is 0 Å². The molecule has 1 aliphatic rings. The number of benzene rings is 1. The second-order valence-corrected chi connectivity index (χ2v) is 5.55. The number of nitrogens with two attached hydrogens (primary N) is 1. The summed E-state index contributed by atoms with van der Waals surface area (Å²) in [5, 5.41) is 0. The van der Waals surface area contributed by atoms with Gasteiger partial charge < -0.3 is 10.3 Å². The van der Waals surface area contributed by atoms with E-state index in [1.54, 1.807) is 0 Å². The molecule has 18 heavy (non-hydrogen) atoms. The van der Waals surface area contributed by atoms with Gasteiger partial charge in [0, 0.05) is 19.0 Å². The number of aromatic nitrogens is 2. The van der Waals surface area contributed by atoms with Crippen molar-refractivity contribution in [1.82, 2.24) is 9.55 Å². The van der Waals surface area contributed by atoms with Crippen molar-refractivity contribution < 1.29 is 0 Å². The molecule has 96 valence electrons. The molecule has 1 fully saturated rings. The molecule has 1 aliphatic carbocycles. The van der Waals surface area contributed by atoms with Crippen LogP contribution in [-0.4, -0.2) is 9.55 Å². The SMILES string of the molecule is CC(N)c1ccc2c(c1)nc(C1CCCC1)n2C. The van der Waals surface area contributed by atoms with E-state index in [2.05, 4.69) is 29.8 Å². The predicted molar refractivity (Wildman–Crippen MR) is 74.5 cm³/mol. The van der Waals surface area contributed by atoms with Crippen molar-refractivity contribution in [2.75, 3.05) is 0 Å². The quantitative estimate of drug-likeness (QED) is 0.880. The number of fused-ring (bicyclic) bond motifs is 1. The van der Waals surface area contributed by atoms with Gasteiger partial charge in [-0.05, 0) is 37.5 Å². The van der Waals surface area contributed by atoms with Gasteiger partial charge >= 0.3 is 0 Å². The Morgan fingerprint density at radius 2 is 2.06 bits per heavy atom. The summed E-state index contributed by atoms with van der Waals surface area (Å²) >= 11 is 0. The fraction of sp³-hybridized carbons (Fsp3) is 0.533. The first-order valence-electron chi connectivity index (χ1n) is 6.88. The Labute approximate surface area is 108 Å². The molecule has 3 heteroatoms. The Hall–Kier alpha value is -1.35. The highest BCUT2D eigenvalue weighted by Gasteiger charge is 2.22. The predicted octanol–water partition coefficient (Wildman–Crippen LogP) is 3.25. The Bertz CT molecular complexity index is 562. The van der Waals surface area contributed by atoms with Crippen LogP contribution < -0.4 is 5.73 Å². The number of nitrogens with zero attached hydrogens (tertiary/aromatic N) is 2. The van der Waals surface area contributed by atoms with Gasteiger partial charge in [0.1, 0.15) is 5.82 Å². The Kier molecular flexibility index (Phi) is 2.86. The van der Waals surface area contributed by atoms with Gasteiger partial charge in [-0.15, -0.1) is 0 Å². The first kappa shape index (κ1) is 11.7. The summed E-state index contributed by atoms with van der Waals surface area (Å²) < 4.78 is 2.26. The van der Waals surface area contributed by atoms with E-state index < -0.39 is 0 Å².